The smallest absolute Gasteiger partial charge is 0.145 e. The number of piperidine rings is 1. The molecule has 2 saturated carbocycles. The van der Waals surface area contributed by atoms with Crippen LogP contribution in [0.2, 0.25) is 0 Å². The van der Waals surface area contributed by atoms with Crippen molar-refractivity contribution >= 4 is 0 Å². The minimum atomic E-state index is 0.0616. The van der Waals surface area contributed by atoms with Crippen LogP contribution in [0.25, 0.3) is 11.3 Å². The Balaban J connectivity index is 1.48. The van der Waals surface area contributed by atoms with E-state index in [-0.39, 0.29) is 5.60 Å². The van der Waals surface area contributed by atoms with Gasteiger partial charge < -0.3 is 14.6 Å². The molecule has 0 amide bonds. The quantitative estimate of drug-likeness (QED) is 0.852. The summed E-state index contributed by atoms with van der Waals surface area (Å²) in [6, 6.07) is 7.07. The summed E-state index contributed by atoms with van der Waals surface area (Å²) in [4.78, 5) is 0. The zero-order chi connectivity index (χ0) is 17.7. The van der Waals surface area contributed by atoms with Gasteiger partial charge >= 0.3 is 0 Å². The van der Waals surface area contributed by atoms with Gasteiger partial charge in [0.05, 0.1) is 12.2 Å². The Kier molecular flexibility index (Phi) is 3.94. The van der Waals surface area contributed by atoms with Crippen molar-refractivity contribution in [3.05, 3.63) is 40.6 Å². The van der Waals surface area contributed by atoms with E-state index in [4.69, 9.17) is 9.26 Å². The number of aromatic nitrogens is 1. The lowest BCUT2D eigenvalue weighted by Gasteiger charge is -2.33. The third-order valence-corrected chi connectivity index (χ3v) is 6.59. The zero-order valence-electron chi connectivity index (χ0n) is 15.8. The van der Waals surface area contributed by atoms with Crippen molar-refractivity contribution in [2.45, 2.75) is 76.5 Å². The van der Waals surface area contributed by atoms with E-state index >= 15 is 0 Å². The molecular formula is C22H28N2O2. The van der Waals surface area contributed by atoms with Crippen molar-refractivity contribution in [1.29, 1.82) is 0 Å². The number of hydrogen-bond donors (Lipinski definition) is 1. The molecule has 26 heavy (non-hydrogen) atoms. The Hall–Kier alpha value is -1.65. The first kappa shape index (κ1) is 16.5. The number of rotatable bonds is 5. The number of nitrogens with zero attached hydrogens (tertiary/aromatic N) is 1. The molecule has 4 heteroatoms. The van der Waals surface area contributed by atoms with Crippen LogP contribution in [0.4, 0.5) is 0 Å². The number of benzene rings is 1. The van der Waals surface area contributed by atoms with E-state index in [9.17, 15) is 0 Å². The Morgan fingerprint density at radius 2 is 2.00 bits per heavy atom. The molecule has 138 valence electrons. The predicted octanol–water partition coefficient (Wildman–Crippen LogP) is 4.64. The Morgan fingerprint density at radius 3 is 2.77 bits per heavy atom. The number of hydrogen-bond acceptors (Lipinski definition) is 4. The third kappa shape index (κ3) is 2.80. The molecule has 1 aromatic carbocycles. The van der Waals surface area contributed by atoms with Crippen molar-refractivity contribution in [3.8, 4) is 11.3 Å². The van der Waals surface area contributed by atoms with Gasteiger partial charge in [0.25, 0.3) is 0 Å². The van der Waals surface area contributed by atoms with E-state index in [2.05, 4.69) is 42.5 Å². The van der Waals surface area contributed by atoms with E-state index in [1.807, 2.05) is 0 Å². The third-order valence-electron chi connectivity index (χ3n) is 6.59. The highest BCUT2D eigenvalue weighted by Gasteiger charge is 2.43. The van der Waals surface area contributed by atoms with Crippen molar-refractivity contribution in [2.24, 2.45) is 0 Å². The van der Waals surface area contributed by atoms with Crippen LogP contribution in [0.15, 0.2) is 22.7 Å². The predicted molar refractivity (Wildman–Crippen MR) is 101 cm³/mol. The van der Waals surface area contributed by atoms with Crippen LogP contribution in [0, 0.1) is 13.8 Å². The second-order valence-corrected chi connectivity index (χ2v) is 8.53. The fraction of sp³-hybridized carbons (Fsp3) is 0.591. The van der Waals surface area contributed by atoms with Crippen LogP contribution in [-0.4, -0.2) is 23.3 Å². The molecule has 2 aromatic rings. The Morgan fingerprint density at radius 1 is 1.19 bits per heavy atom. The fourth-order valence-electron chi connectivity index (χ4n) is 4.94. The number of nitrogens with one attached hydrogen (secondary N) is 1. The second-order valence-electron chi connectivity index (χ2n) is 8.53. The maximum atomic E-state index is 6.63. The molecule has 3 fully saturated rings. The van der Waals surface area contributed by atoms with E-state index in [0.29, 0.717) is 18.6 Å². The highest BCUT2D eigenvalue weighted by molar-refractivity contribution is 5.70. The van der Waals surface area contributed by atoms with Gasteiger partial charge in [0.15, 0.2) is 0 Å². The monoisotopic (exact) mass is 352 g/mol. The lowest BCUT2D eigenvalue weighted by atomic mass is 9.93. The minimum absolute atomic E-state index is 0.0616. The van der Waals surface area contributed by atoms with Crippen LogP contribution in [0.1, 0.15) is 66.9 Å². The fourth-order valence-corrected chi connectivity index (χ4v) is 4.94. The van der Waals surface area contributed by atoms with Gasteiger partial charge in [-0.2, -0.15) is 0 Å². The summed E-state index contributed by atoms with van der Waals surface area (Å²) in [5.41, 5.74) is 5.98. The second kappa shape index (κ2) is 6.21. The first-order valence-corrected chi connectivity index (χ1v) is 10.1. The topological polar surface area (TPSA) is 47.3 Å². The molecule has 0 spiro atoms. The summed E-state index contributed by atoms with van der Waals surface area (Å²) in [5, 5.41) is 8.13. The summed E-state index contributed by atoms with van der Waals surface area (Å²) >= 11 is 0. The summed E-state index contributed by atoms with van der Waals surface area (Å²) in [7, 11) is 0. The maximum Gasteiger partial charge on any atom is 0.145 e. The van der Waals surface area contributed by atoms with Gasteiger partial charge in [-0.3, -0.25) is 0 Å². The average molecular weight is 352 g/mol. The van der Waals surface area contributed by atoms with Crippen molar-refractivity contribution in [1.82, 2.24) is 10.5 Å². The number of ether oxygens (including phenoxy) is 1. The molecular weight excluding hydrogens is 324 g/mol. The van der Waals surface area contributed by atoms with Gasteiger partial charge in [-0.15, -0.1) is 0 Å². The molecule has 1 N–H and O–H groups in total. The zero-order valence-corrected chi connectivity index (χ0v) is 15.8. The molecule has 1 aliphatic heterocycles. The van der Waals surface area contributed by atoms with Gasteiger partial charge in [0, 0.05) is 23.1 Å². The van der Waals surface area contributed by atoms with E-state index in [0.717, 1.165) is 30.8 Å². The normalized spacial score (nSPS) is 27.8. The van der Waals surface area contributed by atoms with E-state index in [1.54, 1.807) is 0 Å². The molecule has 4 nitrogen and oxygen atoms in total. The SMILES string of the molecule is Cc1cccc(C)c1-c1noc(C2CC2)c1COC12CCN[C@@H](CC1)C2. The molecule has 5 rings (SSSR count). The van der Waals surface area contributed by atoms with Gasteiger partial charge in [-0.1, -0.05) is 23.4 Å². The minimum Gasteiger partial charge on any atom is -0.370 e. The molecule has 2 aliphatic carbocycles. The number of aryl methyl sites for hydroxylation is 2. The summed E-state index contributed by atoms with van der Waals surface area (Å²) in [6.45, 7) is 6.02. The van der Waals surface area contributed by atoms with Crippen LogP contribution < -0.4 is 5.32 Å². The van der Waals surface area contributed by atoms with Gasteiger partial charge in [-0.25, -0.2) is 0 Å². The van der Waals surface area contributed by atoms with Crippen LogP contribution >= 0.6 is 0 Å². The molecule has 3 aliphatic rings. The molecule has 0 radical (unpaired) electrons. The summed E-state index contributed by atoms with van der Waals surface area (Å²) < 4.78 is 12.5. The van der Waals surface area contributed by atoms with Crippen LogP contribution in [-0.2, 0) is 11.3 Å². The van der Waals surface area contributed by atoms with Crippen LogP contribution in [0.3, 0.4) is 0 Å². The highest BCUT2D eigenvalue weighted by atomic mass is 16.5. The highest BCUT2D eigenvalue weighted by Crippen LogP contribution is 2.46. The lowest BCUT2D eigenvalue weighted by Crippen LogP contribution is -2.42. The van der Waals surface area contributed by atoms with Gasteiger partial charge in [0.2, 0.25) is 0 Å². The lowest BCUT2D eigenvalue weighted by molar-refractivity contribution is -0.0652. The largest absolute Gasteiger partial charge is 0.370 e. The molecule has 1 saturated heterocycles. The summed E-state index contributed by atoms with van der Waals surface area (Å²) in [5.74, 6) is 1.61. The molecule has 2 heterocycles. The average Bonchev–Trinajstić information content (AvgIpc) is 3.33. The molecule has 2 atom stereocenters. The number of fused-ring (bicyclic) bond motifs is 2. The van der Waals surface area contributed by atoms with Crippen molar-refractivity contribution in [2.75, 3.05) is 6.54 Å². The van der Waals surface area contributed by atoms with Crippen molar-refractivity contribution in [3.63, 3.8) is 0 Å². The summed E-state index contributed by atoms with van der Waals surface area (Å²) in [6.07, 6.45) is 7.11. The van der Waals surface area contributed by atoms with Crippen molar-refractivity contribution < 1.29 is 9.26 Å². The first-order valence-electron chi connectivity index (χ1n) is 10.1. The van der Waals surface area contributed by atoms with E-state index < -0.39 is 0 Å². The molecule has 1 unspecified atom stereocenters. The van der Waals surface area contributed by atoms with Crippen LogP contribution in [0.5, 0.6) is 0 Å². The standard InChI is InChI=1S/C22H28N2O2/c1-14-4-3-5-15(2)19(14)20-18(21(26-24-20)16-6-7-16)13-25-22-9-8-17(12-22)23-11-10-22/h3-5,16-17,23H,6-13H2,1-2H3/t17-,22?/m0/s1. The molecule has 1 aromatic heterocycles. The Labute approximate surface area is 155 Å². The van der Waals surface area contributed by atoms with E-state index in [1.165, 1.54) is 47.9 Å². The van der Waals surface area contributed by atoms with Gasteiger partial charge in [-0.05, 0) is 70.0 Å². The Bertz CT molecular complexity index is 799. The first-order chi connectivity index (χ1) is 12.7. The maximum absolute atomic E-state index is 6.63. The van der Waals surface area contributed by atoms with Gasteiger partial charge in [0.1, 0.15) is 11.5 Å². The molecule has 2 bridgehead atoms.